The first-order valence-electron chi connectivity index (χ1n) is 14.7. The summed E-state index contributed by atoms with van der Waals surface area (Å²) in [6.07, 6.45) is 36.3. The molecule has 0 saturated heterocycles. The summed E-state index contributed by atoms with van der Waals surface area (Å²) < 4.78 is 4.71. The summed E-state index contributed by atoms with van der Waals surface area (Å²) in [5.74, 6) is 0. The van der Waals surface area contributed by atoms with Gasteiger partial charge in [-0.2, -0.15) is 0 Å². The molecule has 0 aliphatic rings. The molecule has 0 aromatic carbocycles. The van der Waals surface area contributed by atoms with Crippen LogP contribution in [0.15, 0.2) is 0 Å². The largest absolute Gasteiger partial charge is 0.346 e. The highest BCUT2D eigenvalue weighted by molar-refractivity contribution is 4.52. The summed E-state index contributed by atoms with van der Waals surface area (Å²) in [7, 11) is 0. The molecule has 3 nitrogen and oxygen atoms in total. The third-order valence-corrected chi connectivity index (χ3v) is 6.76. The van der Waals surface area contributed by atoms with Crippen LogP contribution in [0.5, 0.6) is 0 Å². The Morgan fingerprint density at radius 2 is 0.594 bits per heavy atom. The molecule has 0 unspecified atom stereocenters. The molecule has 0 atom stereocenters. The number of unbranched alkanes of at least 4 members (excludes halogenated alkanes) is 25. The van der Waals surface area contributed by atoms with Crippen molar-refractivity contribution >= 4 is 0 Å². The number of rotatable bonds is 28. The van der Waals surface area contributed by atoms with Gasteiger partial charge in [0.25, 0.3) is 6.48 Å². The van der Waals surface area contributed by atoms with Crippen molar-refractivity contribution < 1.29 is 14.9 Å². The molecule has 0 aromatic rings. The standard InChI is InChI=1S/C29H60O3/c1-2-3-4-5-6-7-8-9-10-11-12-13-14-15-16-17-18-19-20-21-22-23-24-25-26-27-28-32-29(30)31/h29-31H,2-28H2,1H3. The van der Waals surface area contributed by atoms with E-state index in [0.29, 0.717) is 6.61 Å². The molecule has 3 heteroatoms. The van der Waals surface area contributed by atoms with Crippen molar-refractivity contribution in [3.63, 3.8) is 0 Å². The Morgan fingerprint density at radius 1 is 0.375 bits per heavy atom. The molecule has 2 N–H and O–H groups in total. The van der Waals surface area contributed by atoms with Crippen molar-refractivity contribution in [3.05, 3.63) is 0 Å². The Balaban J connectivity index is 3.00. The van der Waals surface area contributed by atoms with Gasteiger partial charge in [-0.05, 0) is 6.42 Å². The molecule has 0 amide bonds. The average Bonchev–Trinajstić information content (AvgIpc) is 2.78. The number of ether oxygens (including phenoxy) is 1. The Morgan fingerprint density at radius 3 is 0.812 bits per heavy atom. The quantitative estimate of drug-likeness (QED) is 0.0910. The maximum atomic E-state index is 8.58. The van der Waals surface area contributed by atoms with Crippen LogP contribution in [-0.2, 0) is 4.74 Å². The summed E-state index contributed by atoms with van der Waals surface area (Å²) in [6.45, 7) is 1.15. The second-order valence-electron chi connectivity index (χ2n) is 10.0. The van der Waals surface area contributed by atoms with Gasteiger partial charge >= 0.3 is 0 Å². The van der Waals surface area contributed by atoms with Crippen LogP contribution >= 0.6 is 0 Å². The van der Waals surface area contributed by atoms with Gasteiger partial charge in [0, 0.05) is 0 Å². The van der Waals surface area contributed by atoms with E-state index in [2.05, 4.69) is 6.92 Å². The van der Waals surface area contributed by atoms with Gasteiger partial charge in [0.1, 0.15) is 0 Å². The van der Waals surface area contributed by atoms with Crippen molar-refractivity contribution in [1.82, 2.24) is 0 Å². The number of hydrogen-bond acceptors (Lipinski definition) is 3. The van der Waals surface area contributed by atoms with Crippen molar-refractivity contribution in [2.45, 2.75) is 180 Å². The first-order chi connectivity index (χ1) is 15.8. The molecule has 194 valence electrons. The third-order valence-electron chi connectivity index (χ3n) is 6.76. The smallest absolute Gasteiger partial charge is 0.266 e. The first kappa shape index (κ1) is 31.9. The van der Waals surface area contributed by atoms with E-state index in [9.17, 15) is 0 Å². The molecular formula is C29H60O3. The topological polar surface area (TPSA) is 49.7 Å². The zero-order valence-electron chi connectivity index (χ0n) is 22.0. The van der Waals surface area contributed by atoms with Gasteiger partial charge in [-0.15, -0.1) is 0 Å². The van der Waals surface area contributed by atoms with Gasteiger partial charge in [-0.1, -0.05) is 167 Å². The van der Waals surface area contributed by atoms with Crippen molar-refractivity contribution in [2.24, 2.45) is 0 Å². The van der Waals surface area contributed by atoms with E-state index in [4.69, 9.17) is 14.9 Å². The Kier molecular flexibility index (Phi) is 28.8. The van der Waals surface area contributed by atoms with Crippen LogP contribution in [0.1, 0.15) is 174 Å². The van der Waals surface area contributed by atoms with E-state index < -0.39 is 6.48 Å². The van der Waals surface area contributed by atoms with Gasteiger partial charge in [-0.3, -0.25) is 0 Å². The predicted molar refractivity (Wildman–Crippen MR) is 140 cm³/mol. The predicted octanol–water partition coefficient (Wildman–Crippen LogP) is 9.43. The maximum Gasteiger partial charge on any atom is 0.266 e. The van der Waals surface area contributed by atoms with Gasteiger partial charge in [0.15, 0.2) is 0 Å². The Labute approximate surface area is 202 Å². The zero-order valence-corrected chi connectivity index (χ0v) is 22.0. The maximum absolute atomic E-state index is 8.58. The number of hydrogen-bond donors (Lipinski definition) is 2. The van der Waals surface area contributed by atoms with E-state index in [1.165, 1.54) is 154 Å². The Bertz CT molecular complexity index is 320. The molecular weight excluding hydrogens is 396 g/mol. The molecule has 0 fully saturated rings. The van der Waals surface area contributed by atoms with Crippen molar-refractivity contribution in [3.8, 4) is 0 Å². The van der Waals surface area contributed by atoms with Crippen LogP contribution in [-0.4, -0.2) is 23.3 Å². The minimum absolute atomic E-state index is 0.455. The monoisotopic (exact) mass is 456 g/mol. The average molecular weight is 457 g/mol. The van der Waals surface area contributed by atoms with E-state index >= 15 is 0 Å². The zero-order chi connectivity index (χ0) is 23.4. The van der Waals surface area contributed by atoms with Gasteiger partial charge in [-0.25, -0.2) is 0 Å². The van der Waals surface area contributed by atoms with Gasteiger partial charge in [0.05, 0.1) is 6.61 Å². The minimum atomic E-state index is -1.60. The molecule has 32 heavy (non-hydrogen) atoms. The minimum Gasteiger partial charge on any atom is -0.346 e. The highest BCUT2D eigenvalue weighted by atomic mass is 16.7. The van der Waals surface area contributed by atoms with Crippen LogP contribution in [0, 0.1) is 0 Å². The summed E-state index contributed by atoms with van der Waals surface area (Å²) >= 11 is 0. The summed E-state index contributed by atoms with van der Waals surface area (Å²) in [4.78, 5) is 0. The van der Waals surface area contributed by atoms with Crippen LogP contribution in [0.3, 0.4) is 0 Å². The fourth-order valence-corrected chi connectivity index (χ4v) is 4.61. The molecule has 0 aliphatic carbocycles. The lowest BCUT2D eigenvalue weighted by molar-refractivity contribution is -0.234. The van der Waals surface area contributed by atoms with E-state index in [-0.39, 0.29) is 0 Å². The van der Waals surface area contributed by atoms with E-state index in [0.717, 1.165) is 12.8 Å². The van der Waals surface area contributed by atoms with Crippen molar-refractivity contribution in [1.29, 1.82) is 0 Å². The fraction of sp³-hybridized carbons (Fsp3) is 1.00. The van der Waals surface area contributed by atoms with E-state index in [1.807, 2.05) is 0 Å². The fourth-order valence-electron chi connectivity index (χ4n) is 4.61. The molecule has 0 spiro atoms. The second-order valence-corrected chi connectivity index (χ2v) is 10.0. The Hall–Kier alpha value is -0.120. The van der Waals surface area contributed by atoms with Crippen molar-refractivity contribution in [2.75, 3.05) is 6.61 Å². The van der Waals surface area contributed by atoms with Gasteiger partial charge < -0.3 is 14.9 Å². The van der Waals surface area contributed by atoms with E-state index in [1.54, 1.807) is 0 Å². The molecule has 0 aliphatic heterocycles. The second kappa shape index (κ2) is 28.9. The lowest BCUT2D eigenvalue weighted by Gasteiger charge is -2.05. The van der Waals surface area contributed by atoms with Crippen LogP contribution in [0.4, 0.5) is 0 Å². The molecule has 0 bridgehead atoms. The molecule has 0 radical (unpaired) electrons. The van der Waals surface area contributed by atoms with Crippen LogP contribution in [0.25, 0.3) is 0 Å². The lowest BCUT2D eigenvalue weighted by Crippen LogP contribution is -2.10. The molecule has 0 rings (SSSR count). The third kappa shape index (κ3) is 29.9. The van der Waals surface area contributed by atoms with Gasteiger partial charge in [0.2, 0.25) is 0 Å². The number of aliphatic hydroxyl groups is 2. The molecule has 0 aromatic heterocycles. The molecule has 0 saturated carbocycles. The normalized spacial score (nSPS) is 11.6. The first-order valence-corrected chi connectivity index (χ1v) is 14.7. The summed E-state index contributed by atoms with van der Waals surface area (Å²) in [6, 6.07) is 0. The van der Waals surface area contributed by atoms with Crippen LogP contribution in [0.2, 0.25) is 0 Å². The lowest BCUT2D eigenvalue weighted by atomic mass is 10.0. The highest BCUT2D eigenvalue weighted by Crippen LogP contribution is 2.15. The van der Waals surface area contributed by atoms with Crippen LogP contribution < -0.4 is 0 Å². The SMILES string of the molecule is CCCCCCCCCCCCCCCCCCCCCCCCCCCCOC(O)O. The summed E-state index contributed by atoms with van der Waals surface area (Å²) in [5, 5.41) is 17.2. The highest BCUT2D eigenvalue weighted by Gasteiger charge is 1.97. The number of aliphatic hydroxyl groups excluding tert-OH is 1. The summed E-state index contributed by atoms with van der Waals surface area (Å²) in [5.41, 5.74) is 0. The molecule has 0 heterocycles.